The highest BCUT2D eigenvalue weighted by Crippen LogP contribution is 2.09. The van der Waals surface area contributed by atoms with Crippen LogP contribution in [0.3, 0.4) is 0 Å². The Kier molecular flexibility index (Phi) is 6.00. The summed E-state index contributed by atoms with van der Waals surface area (Å²) in [6, 6.07) is 0. The summed E-state index contributed by atoms with van der Waals surface area (Å²) in [5, 5.41) is 3.19. The van der Waals surface area contributed by atoms with Crippen LogP contribution in [-0.2, 0) is 4.79 Å². The zero-order valence-electron chi connectivity index (χ0n) is 9.98. The van der Waals surface area contributed by atoms with Crippen LogP contribution in [0, 0.1) is 0 Å². The monoisotopic (exact) mass is 198 g/mol. The second-order valence-electron chi connectivity index (χ2n) is 3.23. The minimum Gasteiger partial charge on any atom is -0.387 e. The van der Waals surface area contributed by atoms with Crippen molar-refractivity contribution in [3.63, 3.8) is 0 Å². The summed E-state index contributed by atoms with van der Waals surface area (Å²) in [6.07, 6.45) is 0. The van der Waals surface area contributed by atoms with Crippen molar-refractivity contribution in [2.45, 2.75) is 34.6 Å². The first kappa shape index (κ1) is 13.0. The second-order valence-corrected chi connectivity index (χ2v) is 3.23. The van der Waals surface area contributed by atoms with Gasteiger partial charge in [-0.25, -0.2) is 0 Å². The molecule has 0 aliphatic heterocycles. The van der Waals surface area contributed by atoms with Gasteiger partial charge in [0.15, 0.2) is 5.78 Å². The Hall–Kier alpha value is -0.990. The molecule has 0 heterocycles. The van der Waals surface area contributed by atoms with Gasteiger partial charge in [-0.1, -0.05) is 0 Å². The molecule has 0 saturated heterocycles. The maximum atomic E-state index is 11.5. The van der Waals surface area contributed by atoms with E-state index in [1.54, 1.807) is 6.92 Å². The number of hydrogen-bond acceptors (Lipinski definition) is 3. The number of likely N-dealkylation sites (N-methyl/N-ethyl adjacent to an activating group) is 1. The molecule has 0 aromatic carbocycles. The lowest BCUT2D eigenvalue weighted by molar-refractivity contribution is -0.115. The molecule has 0 spiro atoms. The van der Waals surface area contributed by atoms with Crippen LogP contribution in [0.25, 0.3) is 0 Å². The van der Waals surface area contributed by atoms with Gasteiger partial charge in [0.2, 0.25) is 0 Å². The van der Waals surface area contributed by atoms with E-state index in [4.69, 9.17) is 0 Å². The first-order valence-electron chi connectivity index (χ1n) is 5.29. The Morgan fingerprint density at radius 1 is 1.14 bits per heavy atom. The Balaban J connectivity index is 4.90. The number of carbonyl (C=O) groups is 1. The Morgan fingerprint density at radius 2 is 1.64 bits per heavy atom. The van der Waals surface area contributed by atoms with Crippen molar-refractivity contribution in [3.8, 4) is 0 Å². The maximum absolute atomic E-state index is 11.5. The zero-order valence-corrected chi connectivity index (χ0v) is 9.98. The molecule has 0 aromatic rings. The van der Waals surface area contributed by atoms with Crippen molar-refractivity contribution in [1.29, 1.82) is 0 Å². The summed E-state index contributed by atoms with van der Waals surface area (Å²) < 4.78 is 0. The van der Waals surface area contributed by atoms with E-state index in [0.717, 1.165) is 31.0 Å². The van der Waals surface area contributed by atoms with Gasteiger partial charge in [-0.3, -0.25) is 4.79 Å². The van der Waals surface area contributed by atoms with E-state index in [1.165, 1.54) is 0 Å². The van der Waals surface area contributed by atoms with Gasteiger partial charge in [0, 0.05) is 32.3 Å². The molecule has 0 bridgehead atoms. The number of rotatable bonds is 6. The molecule has 0 rings (SSSR count). The van der Waals surface area contributed by atoms with Crippen LogP contribution in [0.1, 0.15) is 34.6 Å². The molecule has 0 atom stereocenters. The van der Waals surface area contributed by atoms with E-state index in [1.807, 2.05) is 13.8 Å². The molecule has 0 fully saturated rings. The Bertz CT molecular complexity index is 217. The second kappa shape index (κ2) is 6.46. The highest BCUT2D eigenvalue weighted by atomic mass is 16.1. The van der Waals surface area contributed by atoms with E-state index < -0.39 is 0 Å². The largest absolute Gasteiger partial charge is 0.387 e. The summed E-state index contributed by atoms with van der Waals surface area (Å²) in [6.45, 7) is 12.3. The van der Waals surface area contributed by atoms with Crippen molar-refractivity contribution in [1.82, 2.24) is 10.2 Å². The Morgan fingerprint density at radius 3 is 1.93 bits per heavy atom. The van der Waals surface area contributed by atoms with Crippen molar-refractivity contribution in [2.75, 3.05) is 19.6 Å². The van der Waals surface area contributed by atoms with Crippen LogP contribution in [0.2, 0.25) is 0 Å². The van der Waals surface area contributed by atoms with E-state index >= 15 is 0 Å². The fourth-order valence-electron chi connectivity index (χ4n) is 1.61. The molecule has 0 unspecified atom stereocenters. The van der Waals surface area contributed by atoms with E-state index in [0.29, 0.717) is 0 Å². The first-order chi connectivity index (χ1) is 6.58. The minimum absolute atomic E-state index is 0.132. The molecule has 3 nitrogen and oxygen atoms in total. The van der Waals surface area contributed by atoms with Crippen LogP contribution in [0.4, 0.5) is 0 Å². The zero-order chi connectivity index (χ0) is 11.1. The number of carbonyl (C=O) groups excluding carboxylic acids is 1. The molecular formula is C11H22N2O. The van der Waals surface area contributed by atoms with Crippen molar-refractivity contribution in [2.24, 2.45) is 0 Å². The average Bonchev–Trinajstić information content (AvgIpc) is 2.13. The number of ketones is 1. The number of hydrogen-bond donors (Lipinski definition) is 1. The number of nitrogens with zero attached hydrogens (tertiary/aromatic N) is 1. The number of allylic oxidation sites excluding steroid dienone is 2. The molecule has 3 heteroatoms. The summed E-state index contributed by atoms with van der Waals surface area (Å²) in [7, 11) is 0. The van der Waals surface area contributed by atoms with Crippen LogP contribution in [0.5, 0.6) is 0 Å². The molecule has 1 N–H and O–H groups in total. The molecule has 0 aromatic heterocycles. The lowest BCUT2D eigenvalue weighted by Gasteiger charge is -2.25. The summed E-state index contributed by atoms with van der Waals surface area (Å²) in [4.78, 5) is 13.6. The predicted molar refractivity (Wildman–Crippen MR) is 60.0 cm³/mol. The van der Waals surface area contributed by atoms with Gasteiger partial charge in [0.1, 0.15) is 0 Å². The highest BCUT2D eigenvalue weighted by Gasteiger charge is 2.13. The van der Waals surface area contributed by atoms with Gasteiger partial charge in [0.25, 0.3) is 0 Å². The lowest BCUT2D eigenvalue weighted by Crippen LogP contribution is -2.30. The van der Waals surface area contributed by atoms with Gasteiger partial charge < -0.3 is 10.2 Å². The quantitative estimate of drug-likeness (QED) is 0.660. The van der Waals surface area contributed by atoms with Crippen LogP contribution in [-0.4, -0.2) is 30.3 Å². The van der Waals surface area contributed by atoms with Gasteiger partial charge in [-0.05, 0) is 27.7 Å². The van der Waals surface area contributed by atoms with E-state index in [9.17, 15) is 4.79 Å². The minimum atomic E-state index is 0.132. The lowest BCUT2D eigenvalue weighted by atomic mass is 10.2. The molecule has 0 radical (unpaired) electrons. The summed E-state index contributed by atoms with van der Waals surface area (Å²) in [5.74, 6) is 0.132. The fraction of sp³-hybridized carbons (Fsp3) is 0.727. The number of Topliss-reactive ketones (excluding diaryl/α,β-unsaturated/α-hetero) is 1. The van der Waals surface area contributed by atoms with Gasteiger partial charge in [-0.15, -0.1) is 0 Å². The topological polar surface area (TPSA) is 32.3 Å². The van der Waals surface area contributed by atoms with E-state index in [-0.39, 0.29) is 5.78 Å². The standard InChI is InChI=1S/C11H22N2O/c1-6-12-9(4)11(10(5)14)13(7-2)8-3/h12H,6-8H2,1-5H3/b11-9-. The fourth-order valence-corrected chi connectivity index (χ4v) is 1.61. The molecule has 82 valence electrons. The van der Waals surface area contributed by atoms with Crippen LogP contribution >= 0.6 is 0 Å². The van der Waals surface area contributed by atoms with Gasteiger partial charge in [-0.2, -0.15) is 0 Å². The molecule has 14 heavy (non-hydrogen) atoms. The SMILES string of the molecule is CCN/C(C)=C(/C(C)=O)N(CC)CC. The molecule has 0 aliphatic rings. The smallest absolute Gasteiger partial charge is 0.177 e. The van der Waals surface area contributed by atoms with Crippen LogP contribution < -0.4 is 5.32 Å². The van der Waals surface area contributed by atoms with Crippen molar-refractivity contribution >= 4 is 5.78 Å². The molecule has 0 saturated carbocycles. The average molecular weight is 198 g/mol. The maximum Gasteiger partial charge on any atom is 0.177 e. The molecular weight excluding hydrogens is 176 g/mol. The highest BCUT2D eigenvalue weighted by molar-refractivity contribution is 5.93. The first-order valence-corrected chi connectivity index (χ1v) is 5.29. The third-order valence-corrected chi connectivity index (χ3v) is 2.21. The van der Waals surface area contributed by atoms with Gasteiger partial charge >= 0.3 is 0 Å². The normalized spacial score (nSPS) is 12.1. The number of nitrogens with one attached hydrogen (secondary N) is 1. The molecule has 0 aliphatic carbocycles. The van der Waals surface area contributed by atoms with Gasteiger partial charge in [0.05, 0.1) is 5.70 Å². The van der Waals surface area contributed by atoms with Crippen molar-refractivity contribution < 1.29 is 4.79 Å². The Labute approximate surface area is 87.2 Å². The summed E-state index contributed by atoms with van der Waals surface area (Å²) >= 11 is 0. The predicted octanol–water partition coefficient (Wildman–Crippen LogP) is 1.76. The molecule has 0 amide bonds. The third kappa shape index (κ3) is 3.40. The van der Waals surface area contributed by atoms with Crippen molar-refractivity contribution in [3.05, 3.63) is 11.4 Å². The van der Waals surface area contributed by atoms with E-state index in [2.05, 4.69) is 24.1 Å². The third-order valence-electron chi connectivity index (χ3n) is 2.21. The summed E-state index contributed by atoms with van der Waals surface area (Å²) in [5.41, 5.74) is 1.79. The van der Waals surface area contributed by atoms with Crippen LogP contribution in [0.15, 0.2) is 11.4 Å².